The lowest BCUT2D eigenvalue weighted by molar-refractivity contribution is -0.142. The first-order valence-corrected chi connectivity index (χ1v) is 25.2. The first-order chi connectivity index (χ1) is 34.3. The number of carbonyl (C=O) groups excluding carboxylic acids is 3. The summed E-state index contributed by atoms with van der Waals surface area (Å²) in [7, 11) is 0. The lowest BCUT2D eigenvalue weighted by Gasteiger charge is -2.30. The number of nitrogens with zero attached hydrogens (tertiary/aromatic N) is 7. The number of aliphatic hydroxyl groups excluding tert-OH is 1. The van der Waals surface area contributed by atoms with Gasteiger partial charge in [-0.3, -0.25) is 24.0 Å². The topological polar surface area (TPSA) is 175 Å². The highest BCUT2D eigenvalue weighted by Crippen LogP contribution is 2.40. The highest BCUT2D eigenvalue weighted by atomic mass is 32.1. The minimum Gasteiger partial charge on any atom is -0.494 e. The summed E-state index contributed by atoms with van der Waals surface area (Å²) >= 11 is 7.21. The number of nitrogens with one attached hydrogen (secondary N) is 1. The van der Waals surface area contributed by atoms with Gasteiger partial charge in [-0.2, -0.15) is 23.5 Å². The van der Waals surface area contributed by atoms with E-state index in [2.05, 4.69) is 15.4 Å². The van der Waals surface area contributed by atoms with Crippen molar-refractivity contribution in [2.75, 3.05) is 42.8 Å². The van der Waals surface area contributed by atoms with Crippen LogP contribution in [0.3, 0.4) is 0 Å². The second-order valence-electron chi connectivity index (χ2n) is 18.7. The van der Waals surface area contributed by atoms with E-state index in [0.717, 1.165) is 58.0 Å². The molecule has 382 valence electrons. The van der Waals surface area contributed by atoms with Gasteiger partial charge in [0, 0.05) is 38.3 Å². The van der Waals surface area contributed by atoms with Crippen LogP contribution in [0.25, 0.3) is 10.4 Å². The molecule has 15 nitrogen and oxygen atoms in total. The van der Waals surface area contributed by atoms with E-state index in [1.807, 2.05) is 57.5 Å². The summed E-state index contributed by atoms with van der Waals surface area (Å²) in [6.45, 7) is 12.9. The molecule has 3 aromatic carbocycles. The maximum Gasteiger partial charge on any atom is 0.417 e. The molecule has 0 bridgehead atoms. The van der Waals surface area contributed by atoms with E-state index in [9.17, 15) is 37.9 Å². The first kappa shape index (κ1) is 53.4. The Kier molecular flexibility index (Phi) is 17.1. The summed E-state index contributed by atoms with van der Waals surface area (Å²) in [6.07, 6.45) is 0.861. The average molecular weight is 1030 g/mol. The number of unbranched alkanes of at least 4 members (excludes halogenated alkanes) is 2. The fraction of sp³-hybridized carbons (Fsp3) is 0.442. The number of aliphatic hydroxyl groups is 1. The monoisotopic (exact) mass is 1030 g/mol. The number of rotatable bonds is 21. The summed E-state index contributed by atoms with van der Waals surface area (Å²) in [5, 5.41) is 27.4. The Balaban J connectivity index is 0.796. The minimum atomic E-state index is -4.79. The number of thiocarbonyl (C=S) groups is 1. The number of amides is 3. The zero-order chi connectivity index (χ0) is 51.9. The quantitative estimate of drug-likeness (QED) is 0.0528. The molecule has 72 heavy (non-hydrogen) atoms. The van der Waals surface area contributed by atoms with Crippen LogP contribution >= 0.6 is 23.6 Å². The van der Waals surface area contributed by atoms with Gasteiger partial charge in [0.25, 0.3) is 5.91 Å². The fourth-order valence-electron chi connectivity index (χ4n) is 8.90. The van der Waals surface area contributed by atoms with Crippen LogP contribution in [0, 0.1) is 24.2 Å². The summed E-state index contributed by atoms with van der Waals surface area (Å²) in [5.41, 5.74) is 2.34. The number of alkyl halides is 3. The normalized spacial score (nSPS) is 17.6. The molecule has 2 aromatic heterocycles. The Labute approximate surface area is 426 Å². The van der Waals surface area contributed by atoms with Crippen LogP contribution in [-0.2, 0) is 25.3 Å². The molecule has 0 spiro atoms. The van der Waals surface area contributed by atoms with Crippen LogP contribution in [0.15, 0.2) is 84.6 Å². The van der Waals surface area contributed by atoms with Crippen molar-refractivity contribution in [2.24, 2.45) is 5.92 Å². The molecule has 2 N–H and O–H groups in total. The zero-order valence-electron chi connectivity index (χ0n) is 41.0. The van der Waals surface area contributed by atoms with Gasteiger partial charge in [0.05, 0.1) is 76.7 Å². The summed E-state index contributed by atoms with van der Waals surface area (Å²) in [4.78, 5) is 50.9. The highest BCUT2D eigenvalue weighted by Gasteiger charge is 2.51. The van der Waals surface area contributed by atoms with Crippen LogP contribution in [0.1, 0.15) is 101 Å². The summed E-state index contributed by atoms with van der Waals surface area (Å²) < 4.78 is 60.4. The van der Waals surface area contributed by atoms with Gasteiger partial charge in [-0.25, -0.2) is 4.98 Å². The van der Waals surface area contributed by atoms with Crippen LogP contribution in [0.4, 0.5) is 24.5 Å². The number of hydrogen-bond donors (Lipinski definition) is 2. The average Bonchev–Trinajstić information content (AvgIpc) is 4.13. The molecule has 5 aromatic rings. The SMILES string of the molecule is Cc1ncsc1-c1ccc([C@H](C)NC(=O)[C@@H]2C[C@@H](O)CN2C(=O)C(C(C)C)n2cc(OCCCOCCCCCOc3ccc(N4C(=S)N(c5ccc(C#N)c(C(F)(F)F)c5)C(=O)C4(C)C)cc3)cn2)cc1. The molecule has 0 saturated carbocycles. The van der Waals surface area contributed by atoms with Gasteiger partial charge in [0.2, 0.25) is 11.8 Å². The number of β-amino-alcohol motifs (C(OH)–C–C–N with tert-alkyl or cyclic N) is 1. The third-order valence-electron chi connectivity index (χ3n) is 12.7. The molecular weight excluding hydrogens is 970 g/mol. The number of likely N-dealkylation sites (tertiary alicyclic amines) is 1. The summed E-state index contributed by atoms with van der Waals surface area (Å²) in [5.74, 6) is -0.212. The fourth-order valence-corrected chi connectivity index (χ4v) is 10.2. The number of benzene rings is 3. The van der Waals surface area contributed by atoms with Gasteiger partial charge < -0.3 is 34.4 Å². The molecule has 2 aliphatic rings. The van der Waals surface area contributed by atoms with E-state index in [-0.39, 0.29) is 47.5 Å². The molecule has 2 saturated heterocycles. The zero-order valence-corrected chi connectivity index (χ0v) is 42.7. The van der Waals surface area contributed by atoms with E-state index in [1.54, 1.807) is 77.5 Å². The van der Waals surface area contributed by atoms with E-state index >= 15 is 0 Å². The third kappa shape index (κ3) is 12.1. The largest absolute Gasteiger partial charge is 0.494 e. The minimum absolute atomic E-state index is 0.00978. The van der Waals surface area contributed by atoms with Crippen molar-refractivity contribution in [3.05, 3.63) is 107 Å². The van der Waals surface area contributed by atoms with Crippen LogP contribution in [-0.4, -0.2) is 98.3 Å². The first-order valence-electron chi connectivity index (χ1n) is 23.9. The number of carbonyl (C=O) groups is 3. The van der Waals surface area contributed by atoms with Crippen LogP contribution in [0.2, 0.25) is 0 Å². The van der Waals surface area contributed by atoms with Gasteiger partial charge in [0.1, 0.15) is 23.4 Å². The molecule has 2 fully saturated rings. The lowest BCUT2D eigenvalue weighted by Crippen LogP contribution is -2.49. The molecule has 4 heterocycles. The lowest BCUT2D eigenvalue weighted by atomic mass is 10.0. The number of thiazole rings is 1. The number of aromatic nitrogens is 3. The Hall–Kier alpha value is -6.40. The molecule has 0 aliphatic carbocycles. The van der Waals surface area contributed by atoms with E-state index in [4.69, 9.17) is 26.4 Å². The van der Waals surface area contributed by atoms with Crippen molar-refractivity contribution in [1.29, 1.82) is 5.26 Å². The van der Waals surface area contributed by atoms with Crippen LogP contribution in [0.5, 0.6) is 11.5 Å². The number of aryl methyl sites for hydroxylation is 1. The maximum absolute atomic E-state index is 14.1. The second-order valence-corrected chi connectivity index (χ2v) is 20.0. The molecule has 0 radical (unpaired) electrons. The van der Waals surface area contributed by atoms with Crippen molar-refractivity contribution < 1.29 is 46.9 Å². The van der Waals surface area contributed by atoms with E-state index < -0.39 is 46.9 Å². The van der Waals surface area contributed by atoms with E-state index in [0.29, 0.717) is 50.0 Å². The maximum atomic E-state index is 14.1. The Morgan fingerprint density at radius 3 is 2.29 bits per heavy atom. The number of anilines is 2. The van der Waals surface area contributed by atoms with Crippen molar-refractivity contribution in [2.45, 2.75) is 110 Å². The summed E-state index contributed by atoms with van der Waals surface area (Å²) in [6, 6.07) is 17.7. The smallest absolute Gasteiger partial charge is 0.417 e. The van der Waals surface area contributed by atoms with Gasteiger partial charge in [-0.15, -0.1) is 11.3 Å². The van der Waals surface area contributed by atoms with Crippen molar-refractivity contribution in [3.63, 3.8) is 0 Å². The standard InChI is InChI=1S/C52H59F3N8O7S2/c1-32(2)45(48(66)60-29-40(64)26-44(60)47(65)59-33(3)35-11-13-36(14-12-35)46-34(4)57-31-72-46)61-30-42(28-58-61)70-24-10-22-68-21-8-7-9-23-69-41-19-17-38(18-20-41)63-50(71)62(49(67)51(63,5)6)39-16-15-37(27-56)43(25-39)52(53,54)55/h11-20,25,28,30-33,40,44-45,64H,7-10,21-24,26,29H2,1-6H3,(H,59,65)/t33-,40+,44-,45?/m0/s1. The van der Waals surface area contributed by atoms with Crippen molar-refractivity contribution in [3.8, 4) is 28.0 Å². The predicted molar refractivity (Wildman–Crippen MR) is 271 cm³/mol. The predicted octanol–water partition coefficient (Wildman–Crippen LogP) is 9.19. The van der Waals surface area contributed by atoms with Crippen LogP contribution < -0.4 is 24.6 Å². The van der Waals surface area contributed by atoms with Crippen molar-refractivity contribution >= 4 is 57.8 Å². The molecule has 7 rings (SSSR count). The molecular formula is C52H59F3N8O7S2. The van der Waals surface area contributed by atoms with Gasteiger partial charge >= 0.3 is 6.18 Å². The molecule has 3 amide bonds. The van der Waals surface area contributed by atoms with Gasteiger partial charge in [-0.1, -0.05) is 38.1 Å². The molecule has 1 unspecified atom stereocenters. The number of hydrogen-bond acceptors (Lipinski definition) is 12. The van der Waals surface area contributed by atoms with Crippen molar-refractivity contribution in [1.82, 2.24) is 25.0 Å². The molecule has 4 atom stereocenters. The van der Waals surface area contributed by atoms with E-state index in [1.165, 1.54) is 11.0 Å². The molecule has 2 aliphatic heterocycles. The van der Waals surface area contributed by atoms with Gasteiger partial charge in [-0.05, 0) is 119 Å². The molecule has 20 heteroatoms. The second kappa shape index (κ2) is 23.0. The Morgan fingerprint density at radius 2 is 1.62 bits per heavy atom. The Bertz CT molecular complexity index is 2760. The third-order valence-corrected chi connectivity index (χ3v) is 14.1. The number of halogens is 3. The van der Waals surface area contributed by atoms with Gasteiger partial charge in [0.15, 0.2) is 10.9 Å². The highest BCUT2D eigenvalue weighted by molar-refractivity contribution is 7.81. The Morgan fingerprint density at radius 1 is 0.958 bits per heavy atom. The number of nitriles is 1. The number of ether oxygens (including phenoxy) is 3.